The maximum atomic E-state index is 12.8. The fraction of sp³-hybridized carbons (Fsp3) is 0.385. The molecular weight excluding hydrogens is 420 g/mol. The Labute approximate surface area is 194 Å². The molecule has 0 unspecified atom stereocenters. The summed E-state index contributed by atoms with van der Waals surface area (Å²) in [5, 5.41) is 3.87. The molecule has 7 heteroatoms. The van der Waals surface area contributed by atoms with Crippen LogP contribution in [-0.2, 0) is 6.42 Å². The highest BCUT2D eigenvalue weighted by Gasteiger charge is 2.18. The Morgan fingerprint density at radius 1 is 0.939 bits per heavy atom. The monoisotopic (exact) mass is 452 g/mol. The molecule has 7 nitrogen and oxygen atoms in total. The van der Waals surface area contributed by atoms with Crippen LogP contribution in [0.25, 0.3) is 10.9 Å². The van der Waals surface area contributed by atoms with Crippen LogP contribution in [0.15, 0.2) is 35.1 Å². The molecule has 0 aliphatic carbocycles. The number of amides is 1. The van der Waals surface area contributed by atoms with Crippen LogP contribution < -0.4 is 25.1 Å². The van der Waals surface area contributed by atoms with E-state index in [0.29, 0.717) is 61.2 Å². The second-order valence-corrected chi connectivity index (χ2v) is 7.70. The predicted octanol–water partition coefficient (Wildman–Crippen LogP) is 4.31. The summed E-state index contributed by atoms with van der Waals surface area (Å²) in [6.07, 6.45) is 0.414. The molecule has 0 radical (unpaired) electrons. The number of hydrogen-bond donors (Lipinski definition) is 2. The molecule has 2 aromatic carbocycles. The van der Waals surface area contributed by atoms with Gasteiger partial charge in [-0.2, -0.15) is 0 Å². The van der Waals surface area contributed by atoms with Gasteiger partial charge in [-0.3, -0.25) is 9.59 Å². The predicted molar refractivity (Wildman–Crippen MR) is 130 cm³/mol. The Hall–Kier alpha value is -3.48. The molecule has 1 aromatic heterocycles. The van der Waals surface area contributed by atoms with Crippen molar-refractivity contribution in [1.82, 2.24) is 10.3 Å². The van der Waals surface area contributed by atoms with Crippen LogP contribution >= 0.6 is 0 Å². The van der Waals surface area contributed by atoms with Crippen LogP contribution in [-0.4, -0.2) is 37.3 Å². The van der Waals surface area contributed by atoms with Gasteiger partial charge in [0.2, 0.25) is 5.75 Å². The first-order valence-electron chi connectivity index (χ1n) is 11.4. The number of rotatable bonds is 10. The molecule has 0 fully saturated rings. The Balaban J connectivity index is 1.77. The first-order chi connectivity index (χ1) is 15.9. The van der Waals surface area contributed by atoms with Crippen molar-refractivity contribution in [2.75, 3.05) is 26.4 Å². The second kappa shape index (κ2) is 10.9. The number of carbonyl (C=O) groups is 1. The molecule has 0 bridgehead atoms. The normalized spacial score (nSPS) is 10.8. The van der Waals surface area contributed by atoms with Gasteiger partial charge in [0.25, 0.3) is 11.5 Å². The first kappa shape index (κ1) is 24.2. The average molecular weight is 453 g/mol. The molecule has 0 spiro atoms. The number of aryl methyl sites for hydroxylation is 2. The van der Waals surface area contributed by atoms with E-state index in [4.69, 9.17) is 14.2 Å². The van der Waals surface area contributed by atoms with Gasteiger partial charge in [0.15, 0.2) is 11.5 Å². The maximum absolute atomic E-state index is 12.8. The topological polar surface area (TPSA) is 89.7 Å². The van der Waals surface area contributed by atoms with Gasteiger partial charge >= 0.3 is 0 Å². The Morgan fingerprint density at radius 2 is 1.58 bits per heavy atom. The number of fused-ring (bicyclic) bond motifs is 1. The highest BCUT2D eigenvalue weighted by atomic mass is 16.5. The van der Waals surface area contributed by atoms with E-state index >= 15 is 0 Å². The zero-order valence-electron chi connectivity index (χ0n) is 20.0. The largest absolute Gasteiger partial charge is 0.490 e. The van der Waals surface area contributed by atoms with Gasteiger partial charge in [-0.15, -0.1) is 0 Å². The summed E-state index contributed by atoms with van der Waals surface area (Å²) >= 11 is 0. The van der Waals surface area contributed by atoms with Gasteiger partial charge in [0.1, 0.15) is 0 Å². The number of ether oxygens (including phenoxy) is 3. The molecule has 0 saturated heterocycles. The van der Waals surface area contributed by atoms with E-state index in [2.05, 4.69) is 10.3 Å². The van der Waals surface area contributed by atoms with Crippen molar-refractivity contribution in [3.05, 3.63) is 62.9 Å². The summed E-state index contributed by atoms with van der Waals surface area (Å²) in [5.41, 5.74) is 3.95. The molecule has 1 amide bonds. The Bertz CT molecular complexity index is 1170. The Morgan fingerprint density at radius 3 is 2.18 bits per heavy atom. The third kappa shape index (κ3) is 5.48. The number of carbonyl (C=O) groups excluding carboxylic acids is 1. The zero-order valence-corrected chi connectivity index (χ0v) is 20.0. The van der Waals surface area contributed by atoms with Gasteiger partial charge in [0.05, 0.1) is 25.3 Å². The molecule has 0 aliphatic heterocycles. The number of aromatic amines is 1. The molecular formula is C26H32N2O5. The number of hydrogen-bond acceptors (Lipinski definition) is 5. The number of aromatic nitrogens is 1. The van der Waals surface area contributed by atoms with Crippen molar-refractivity contribution in [3.63, 3.8) is 0 Å². The van der Waals surface area contributed by atoms with Gasteiger partial charge in [-0.25, -0.2) is 0 Å². The van der Waals surface area contributed by atoms with Gasteiger partial charge in [0, 0.05) is 17.7 Å². The average Bonchev–Trinajstić information content (AvgIpc) is 2.79. The summed E-state index contributed by atoms with van der Waals surface area (Å²) in [5.74, 6) is 1.15. The Kier molecular flexibility index (Phi) is 7.98. The lowest BCUT2D eigenvalue weighted by atomic mass is 10.0. The number of H-pyrrole nitrogens is 1. The van der Waals surface area contributed by atoms with E-state index in [-0.39, 0.29) is 11.5 Å². The fourth-order valence-corrected chi connectivity index (χ4v) is 3.69. The number of benzene rings is 2. The van der Waals surface area contributed by atoms with Crippen LogP contribution in [0.5, 0.6) is 17.2 Å². The van der Waals surface area contributed by atoms with Crippen molar-refractivity contribution >= 4 is 16.8 Å². The van der Waals surface area contributed by atoms with Crippen molar-refractivity contribution in [3.8, 4) is 17.2 Å². The van der Waals surface area contributed by atoms with Gasteiger partial charge in [-0.05, 0) is 75.8 Å². The van der Waals surface area contributed by atoms with Crippen molar-refractivity contribution < 1.29 is 19.0 Å². The van der Waals surface area contributed by atoms with E-state index in [1.165, 1.54) is 0 Å². The third-order valence-electron chi connectivity index (χ3n) is 5.48. The number of nitrogens with one attached hydrogen (secondary N) is 2. The highest BCUT2D eigenvalue weighted by Crippen LogP contribution is 2.39. The van der Waals surface area contributed by atoms with Crippen LogP contribution in [0, 0.1) is 13.8 Å². The molecule has 0 saturated carbocycles. The third-order valence-corrected chi connectivity index (χ3v) is 5.48. The molecule has 2 N–H and O–H groups in total. The molecule has 33 heavy (non-hydrogen) atoms. The minimum absolute atomic E-state index is 0.135. The summed E-state index contributed by atoms with van der Waals surface area (Å²) in [7, 11) is 0. The lowest BCUT2D eigenvalue weighted by molar-refractivity contribution is 0.0953. The summed E-state index contributed by atoms with van der Waals surface area (Å²) in [6.45, 7) is 11.3. The molecule has 3 aromatic rings. The molecule has 0 atom stereocenters. The lowest BCUT2D eigenvalue weighted by Crippen LogP contribution is -2.27. The zero-order chi connectivity index (χ0) is 24.0. The van der Waals surface area contributed by atoms with E-state index in [0.717, 1.165) is 22.0 Å². The minimum Gasteiger partial charge on any atom is -0.490 e. The molecule has 176 valence electrons. The van der Waals surface area contributed by atoms with E-state index in [1.54, 1.807) is 12.1 Å². The van der Waals surface area contributed by atoms with Crippen LogP contribution in [0.4, 0.5) is 0 Å². The maximum Gasteiger partial charge on any atom is 0.251 e. The molecule has 1 heterocycles. The standard InChI is InChI=1S/C26H32N2O5/c1-6-31-21-14-20(15-22(32-7-2)24(21)33-8-3)25(29)27-12-11-19-13-18-10-9-16(4)17(5)23(18)28-26(19)30/h9-10,13-15H,6-8,11-12H2,1-5H3,(H,27,29)(H,28,30). The second-order valence-electron chi connectivity index (χ2n) is 7.70. The quantitative estimate of drug-likeness (QED) is 0.478. The lowest BCUT2D eigenvalue weighted by Gasteiger charge is -2.17. The molecule has 0 aliphatic rings. The minimum atomic E-state index is -0.274. The van der Waals surface area contributed by atoms with Crippen LogP contribution in [0.1, 0.15) is 47.8 Å². The van der Waals surface area contributed by atoms with Gasteiger partial charge in [-0.1, -0.05) is 12.1 Å². The smallest absolute Gasteiger partial charge is 0.251 e. The molecule has 3 rings (SSSR count). The van der Waals surface area contributed by atoms with Crippen molar-refractivity contribution in [2.24, 2.45) is 0 Å². The van der Waals surface area contributed by atoms with E-state index < -0.39 is 0 Å². The van der Waals surface area contributed by atoms with Crippen LogP contribution in [0.2, 0.25) is 0 Å². The van der Waals surface area contributed by atoms with E-state index in [1.807, 2.05) is 52.8 Å². The number of pyridine rings is 1. The summed E-state index contributed by atoms with van der Waals surface area (Å²) in [6, 6.07) is 9.24. The van der Waals surface area contributed by atoms with E-state index in [9.17, 15) is 9.59 Å². The SMILES string of the molecule is CCOc1cc(C(=O)NCCc2cc3ccc(C)c(C)c3[nH]c2=O)cc(OCC)c1OCC. The summed E-state index contributed by atoms with van der Waals surface area (Å²) < 4.78 is 17.1. The summed E-state index contributed by atoms with van der Waals surface area (Å²) in [4.78, 5) is 28.4. The van der Waals surface area contributed by atoms with Crippen molar-refractivity contribution in [2.45, 2.75) is 41.0 Å². The van der Waals surface area contributed by atoms with Crippen molar-refractivity contribution in [1.29, 1.82) is 0 Å². The first-order valence-corrected chi connectivity index (χ1v) is 11.4. The van der Waals surface area contributed by atoms with Crippen LogP contribution in [0.3, 0.4) is 0 Å². The fourth-order valence-electron chi connectivity index (χ4n) is 3.69. The highest BCUT2D eigenvalue weighted by molar-refractivity contribution is 5.95. The van der Waals surface area contributed by atoms with Gasteiger partial charge < -0.3 is 24.5 Å².